The summed E-state index contributed by atoms with van der Waals surface area (Å²) in [5.41, 5.74) is 2.68. The molecule has 0 atom stereocenters. The van der Waals surface area contributed by atoms with Gasteiger partial charge in [-0.15, -0.1) is 24.0 Å². The van der Waals surface area contributed by atoms with Crippen molar-refractivity contribution in [2.24, 2.45) is 4.99 Å². The summed E-state index contributed by atoms with van der Waals surface area (Å²) < 4.78 is 5.40. The molecule has 0 radical (unpaired) electrons. The Kier molecular flexibility index (Phi) is 12.6. The smallest absolute Gasteiger partial charge is 0.251 e. The van der Waals surface area contributed by atoms with Crippen LogP contribution in [0.2, 0.25) is 0 Å². The second kappa shape index (κ2) is 14.6. The SMILES string of the molecule is CCNC(=NCc1cccc(C(=O)NCCN(C)C)c1)NCc1ccccc1OC.I. The van der Waals surface area contributed by atoms with E-state index in [-0.39, 0.29) is 29.9 Å². The van der Waals surface area contributed by atoms with Gasteiger partial charge in [0.2, 0.25) is 0 Å². The van der Waals surface area contributed by atoms with E-state index >= 15 is 0 Å². The standard InChI is InChI=1S/C23H33N5O2.HI/c1-5-24-23(27-17-20-10-6-7-12-21(20)30-4)26-16-18-9-8-11-19(15-18)22(29)25-13-14-28(2)3;/h6-12,15H,5,13-14,16-17H2,1-4H3,(H,25,29)(H2,24,26,27);1H. The number of likely N-dealkylation sites (N-methyl/N-ethyl adjacent to an activating group) is 1. The van der Waals surface area contributed by atoms with E-state index in [4.69, 9.17) is 4.74 Å². The quantitative estimate of drug-likeness (QED) is 0.246. The second-order valence-corrected chi connectivity index (χ2v) is 7.12. The average Bonchev–Trinajstić information content (AvgIpc) is 2.75. The Morgan fingerprint density at radius 3 is 2.55 bits per heavy atom. The van der Waals surface area contributed by atoms with Crippen molar-refractivity contribution in [2.45, 2.75) is 20.0 Å². The number of benzene rings is 2. The minimum atomic E-state index is -0.0658. The summed E-state index contributed by atoms with van der Waals surface area (Å²) in [5.74, 6) is 1.49. The molecule has 0 aliphatic rings. The fraction of sp³-hybridized carbons (Fsp3) is 0.391. The van der Waals surface area contributed by atoms with Crippen molar-refractivity contribution in [3.63, 3.8) is 0 Å². The van der Waals surface area contributed by atoms with E-state index in [2.05, 4.69) is 20.9 Å². The van der Waals surface area contributed by atoms with Gasteiger partial charge >= 0.3 is 0 Å². The zero-order valence-electron chi connectivity index (χ0n) is 18.8. The molecule has 2 aromatic rings. The van der Waals surface area contributed by atoms with Crippen molar-refractivity contribution in [1.82, 2.24) is 20.9 Å². The molecule has 0 saturated heterocycles. The molecule has 31 heavy (non-hydrogen) atoms. The lowest BCUT2D eigenvalue weighted by atomic mass is 10.1. The number of nitrogens with one attached hydrogen (secondary N) is 3. The fourth-order valence-corrected chi connectivity index (χ4v) is 2.85. The van der Waals surface area contributed by atoms with Crippen molar-refractivity contribution >= 4 is 35.8 Å². The van der Waals surface area contributed by atoms with Crippen molar-refractivity contribution in [2.75, 3.05) is 40.8 Å². The lowest BCUT2D eigenvalue weighted by Gasteiger charge is -2.13. The molecule has 7 nitrogen and oxygen atoms in total. The average molecular weight is 539 g/mol. The summed E-state index contributed by atoms with van der Waals surface area (Å²) in [4.78, 5) is 19.0. The number of aliphatic imine (C=N–C) groups is 1. The topological polar surface area (TPSA) is 78.0 Å². The number of rotatable bonds is 10. The molecule has 0 heterocycles. The highest BCUT2D eigenvalue weighted by Gasteiger charge is 2.07. The lowest BCUT2D eigenvalue weighted by Crippen LogP contribution is -2.36. The van der Waals surface area contributed by atoms with E-state index in [1.54, 1.807) is 7.11 Å². The summed E-state index contributed by atoms with van der Waals surface area (Å²) in [6.45, 7) is 5.28. The first-order chi connectivity index (χ1) is 14.5. The maximum atomic E-state index is 12.3. The minimum absolute atomic E-state index is 0. The first-order valence-corrected chi connectivity index (χ1v) is 10.2. The van der Waals surface area contributed by atoms with Gasteiger partial charge < -0.3 is 25.6 Å². The van der Waals surface area contributed by atoms with Gasteiger partial charge in [-0.1, -0.05) is 30.3 Å². The monoisotopic (exact) mass is 539 g/mol. The summed E-state index contributed by atoms with van der Waals surface area (Å²) in [6, 6.07) is 15.5. The zero-order chi connectivity index (χ0) is 21.8. The molecule has 8 heteroatoms. The fourth-order valence-electron chi connectivity index (χ4n) is 2.85. The molecule has 2 rings (SSSR count). The highest BCUT2D eigenvalue weighted by molar-refractivity contribution is 14.0. The molecule has 0 aliphatic heterocycles. The van der Waals surface area contributed by atoms with E-state index in [0.29, 0.717) is 31.2 Å². The van der Waals surface area contributed by atoms with Gasteiger partial charge in [0, 0.05) is 37.3 Å². The van der Waals surface area contributed by atoms with E-state index < -0.39 is 0 Å². The molecule has 1 amide bonds. The third-order valence-electron chi connectivity index (χ3n) is 4.44. The van der Waals surface area contributed by atoms with Crippen molar-refractivity contribution in [3.05, 3.63) is 65.2 Å². The van der Waals surface area contributed by atoms with Crippen LogP contribution in [0.3, 0.4) is 0 Å². The number of guanidine groups is 1. The Morgan fingerprint density at radius 1 is 1.06 bits per heavy atom. The Labute approximate surface area is 202 Å². The highest BCUT2D eigenvalue weighted by atomic mass is 127. The lowest BCUT2D eigenvalue weighted by molar-refractivity contribution is 0.0951. The van der Waals surface area contributed by atoms with Crippen LogP contribution in [0.15, 0.2) is 53.5 Å². The number of carbonyl (C=O) groups is 1. The van der Waals surface area contributed by atoms with Gasteiger partial charge in [-0.25, -0.2) is 4.99 Å². The number of carbonyl (C=O) groups excluding carboxylic acids is 1. The molecule has 0 spiro atoms. The van der Waals surface area contributed by atoms with Crippen LogP contribution in [0.25, 0.3) is 0 Å². The van der Waals surface area contributed by atoms with Gasteiger partial charge in [0.15, 0.2) is 5.96 Å². The van der Waals surface area contributed by atoms with E-state index in [9.17, 15) is 4.79 Å². The van der Waals surface area contributed by atoms with Crippen molar-refractivity contribution in [3.8, 4) is 5.75 Å². The molecule has 0 aliphatic carbocycles. The number of hydrogen-bond donors (Lipinski definition) is 3. The van der Waals surface area contributed by atoms with Gasteiger partial charge in [0.05, 0.1) is 13.7 Å². The van der Waals surface area contributed by atoms with Gasteiger partial charge in [-0.3, -0.25) is 4.79 Å². The molecular weight excluding hydrogens is 505 g/mol. The maximum absolute atomic E-state index is 12.3. The van der Waals surface area contributed by atoms with E-state index in [0.717, 1.165) is 30.0 Å². The molecule has 0 fully saturated rings. The molecule has 0 unspecified atom stereocenters. The second-order valence-electron chi connectivity index (χ2n) is 7.12. The van der Waals surface area contributed by atoms with Crippen LogP contribution in [0, 0.1) is 0 Å². The Bertz CT molecular complexity index is 842. The zero-order valence-corrected chi connectivity index (χ0v) is 21.1. The number of ether oxygens (including phenoxy) is 1. The van der Waals surface area contributed by atoms with Crippen molar-refractivity contribution in [1.29, 1.82) is 0 Å². The van der Waals surface area contributed by atoms with Gasteiger partial charge in [-0.2, -0.15) is 0 Å². The summed E-state index contributed by atoms with van der Waals surface area (Å²) in [7, 11) is 5.63. The van der Waals surface area contributed by atoms with Gasteiger partial charge in [-0.05, 0) is 44.8 Å². The van der Waals surface area contributed by atoms with Gasteiger partial charge in [0.25, 0.3) is 5.91 Å². The Balaban J connectivity index is 0.00000480. The van der Waals surface area contributed by atoms with E-state index in [1.165, 1.54) is 0 Å². The van der Waals surface area contributed by atoms with Crippen LogP contribution in [-0.2, 0) is 13.1 Å². The molecular formula is C23H34IN5O2. The number of amides is 1. The molecule has 3 N–H and O–H groups in total. The number of halogens is 1. The van der Waals surface area contributed by atoms with E-state index in [1.807, 2.05) is 74.4 Å². The largest absolute Gasteiger partial charge is 0.496 e. The molecule has 2 aromatic carbocycles. The Morgan fingerprint density at radius 2 is 1.84 bits per heavy atom. The van der Waals surface area contributed by atoms with Crippen LogP contribution in [0.5, 0.6) is 5.75 Å². The predicted octanol–water partition coefficient (Wildman–Crippen LogP) is 2.86. The summed E-state index contributed by atoms with van der Waals surface area (Å²) in [5, 5.41) is 9.52. The van der Waals surface area contributed by atoms with Gasteiger partial charge in [0.1, 0.15) is 5.75 Å². The third-order valence-corrected chi connectivity index (χ3v) is 4.44. The van der Waals surface area contributed by atoms with Crippen molar-refractivity contribution < 1.29 is 9.53 Å². The van der Waals surface area contributed by atoms with Crippen LogP contribution in [0.4, 0.5) is 0 Å². The normalized spacial score (nSPS) is 10.9. The van der Waals surface area contributed by atoms with Crippen LogP contribution >= 0.6 is 24.0 Å². The molecule has 0 saturated carbocycles. The maximum Gasteiger partial charge on any atom is 0.251 e. The first kappa shape index (κ1) is 26.7. The minimum Gasteiger partial charge on any atom is -0.496 e. The third kappa shape index (κ3) is 9.56. The predicted molar refractivity (Wildman–Crippen MR) is 137 cm³/mol. The highest BCUT2D eigenvalue weighted by Crippen LogP contribution is 2.16. The van der Waals surface area contributed by atoms with Crippen LogP contribution in [0.1, 0.15) is 28.4 Å². The van der Waals surface area contributed by atoms with Crippen LogP contribution < -0.4 is 20.7 Å². The molecule has 170 valence electrons. The molecule has 0 bridgehead atoms. The number of methoxy groups -OCH3 is 1. The number of para-hydroxylation sites is 1. The number of nitrogens with zero attached hydrogens (tertiary/aromatic N) is 2. The van der Waals surface area contributed by atoms with Crippen LogP contribution in [-0.4, -0.2) is 57.6 Å². The Hall–Kier alpha value is -2.33. The molecule has 0 aromatic heterocycles. The first-order valence-electron chi connectivity index (χ1n) is 10.2. The summed E-state index contributed by atoms with van der Waals surface area (Å²) >= 11 is 0. The number of hydrogen-bond acceptors (Lipinski definition) is 4. The summed E-state index contributed by atoms with van der Waals surface area (Å²) in [6.07, 6.45) is 0.